The summed E-state index contributed by atoms with van der Waals surface area (Å²) in [6.45, 7) is 2.65. The summed E-state index contributed by atoms with van der Waals surface area (Å²) in [5.74, 6) is 1.36. The van der Waals surface area contributed by atoms with Crippen molar-refractivity contribution in [3.05, 3.63) is 36.3 Å². The lowest BCUT2D eigenvalue weighted by atomic mass is 10.5. The molecule has 0 unspecified atom stereocenters. The van der Waals surface area contributed by atoms with E-state index in [9.17, 15) is 0 Å². The van der Waals surface area contributed by atoms with E-state index >= 15 is 0 Å². The minimum atomic E-state index is 0.653. The van der Waals surface area contributed by atoms with Gasteiger partial charge in [0, 0.05) is 18.8 Å². The molecule has 0 aliphatic heterocycles. The Kier molecular flexibility index (Phi) is 2.12. The molecule has 0 saturated carbocycles. The predicted molar refractivity (Wildman–Crippen MR) is 47.2 cm³/mol. The minimum Gasteiger partial charge on any atom is -0.423 e. The van der Waals surface area contributed by atoms with Crippen LogP contribution in [0, 0.1) is 0 Å². The van der Waals surface area contributed by atoms with Crippen molar-refractivity contribution in [2.75, 3.05) is 0 Å². The van der Waals surface area contributed by atoms with E-state index in [0.717, 1.165) is 6.42 Å². The highest BCUT2D eigenvalue weighted by molar-refractivity contribution is 4.93. The van der Waals surface area contributed by atoms with Crippen LogP contribution in [-0.2, 0) is 13.0 Å². The third kappa shape index (κ3) is 1.77. The van der Waals surface area contributed by atoms with Gasteiger partial charge in [-0.1, -0.05) is 6.92 Å². The lowest BCUT2D eigenvalue weighted by Gasteiger charge is -1.95. The Morgan fingerprint density at radius 3 is 2.54 bits per heavy atom. The Hall–Kier alpha value is -1.58. The van der Waals surface area contributed by atoms with E-state index in [1.54, 1.807) is 0 Å². The van der Waals surface area contributed by atoms with E-state index in [1.165, 1.54) is 0 Å². The van der Waals surface area contributed by atoms with Gasteiger partial charge >= 0.3 is 0 Å². The molecule has 2 aromatic rings. The molecule has 0 spiro atoms. The maximum absolute atomic E-state index is 5.36. The van der Waals surface area contributed by atoms with Crippen molar-refractivity contribution in [1.82, 2.24) is 14.8 Å². The molecule has 13 heavy (non-hydrogen) atoms. The summed E-state index contributed by atoms with van der Waals surface area (Å²) in [4.78, 5) is 0. The van der Waals surface area contributed by atoms with Crippen molar-refractivity contribution in [3.63, 3.8) is 0 Å². The third-order valence-electron chi connectivity index (χ3n) is 1.80. The van der Waals surface area contributed by atoms with Crippen molar-refractivity contribution in [1.29, 1.82) is 0 Å². The van der Waals surface area contributed by atoms with Gasteiger partial charge in [-0.2, -0.15) is 0 Å². The zero-order valence-corrected chi connectivity index (χ0v) is 7.47. The van der Waals surface area contributed by atoms with Crippen LogP contribution in [0.3, 0.4) is 0 Å². The quantitative estimate of drug-likeness (QED) is 0.713. The van der Waals surface area contributed by atoms with Crippen LogP contribution in [0.25, 0.3) is 0 Å². The monoisotopic (exact) mass is 177 g/mol. The fourth-order valence-electron chi connectivity index (χ4n) is 1.13. The molecular formula is C9H11N3O. The number of aromatic nitrogens is 3. The highest BCUT2D eigenvalue weighted by Gasteiger charge is 2.03. The van der Waals surface area contributed by atoms with Crippen molar-refractivity contribution in [2.24, 2.45) is 0 Å². The van der Waals surface area contributed by atoms with E-state index in [-0.39, 0.29) is 0 Å². The second-order valence-corrected chi connectivity index (χ2v) is 2.80. The highest BCUT2D eigenvalue weighted by Crippen LogP contribution is 2.02. The van der Waals surface area contributed by atoms with Gasteiger partial charge < -0.3 is 8.98 Å². The average molecular weight is 177 g/mol. The summed E-state index contributed by atoms with van der Waals surface area (Å²) in [6, 6.07) is 3.94. The molecule has 0 bridgehead atoms. The second-order valence-electron chi connectivity index (χ2n) is 2.80. The van der Waals surface area contributed by atoms with E-state index in [4.69, 9.17) is 4.42 Å². The second kappa shape index (κ2) is 3.43. The molecule has 0 aliphatic carbocycles. The maximum atomic E-state index is 5.36. The molecule has 0 radical (unpaired) electrons. The van der Waals surface area contributed by atoms with Crippen LogP contribution in [0.5, 0.6) is 0 Å². The Labute approximate surface area is 76.2 Å². The molecule has 0 amide bonds. The van der Waals surface area contributed by atoms with Crippen molar-refractivity contribution < 1.29 is 4.42 Å². The largest absolute Gasteiger partial charge is 0.423 e. The normalized spacial score (nSPS) is 10.5. The van der Waals surface area contributed by atoms with E-state index in [0.29, 0.717) is 18.3 Å². The predicted octanol–water partition coefficient (Wildman–Crippen LogP) is 1.48. The zero-order chi connectivity index (χ0) is 9.10. The first kappa shape index (κ1) is 8.04. The summed E-state index contributed by atoms with van der Waals surface area (Å²) >= 11 is 0. The molecule has 2 heterocycles. The van der Waals surface area contributed by atoms with Crippen molar-refractivity contribution in [2.45, 2.75) is 19.9 Å². The summed E-state index contributed by atoms with van der Waals surface area (Å²) in [7, 11) is 0. The first-order valence-electron chi connectivity index (χ1n) is 4.30. The van der Waals surface area contributed by atoms with Gasteiger partial charge in [0.25, 0.3) is 0 Å². The molecule has 0 aromatic carbocycles. The Bertz CT molecular complexity index is 364. The van der Waals surface area contributed by atoms with Crippen molar-refractivity contribution >= 4 is 0 Å². The molecule has 2 rings (SSSR count). The number of hydrogen-bond acceptors (Lipinski definition) is 3. The Morgan fingerprint density at radius 1 is 1.23 bits per heavy atom. The van der Waals surface area contributed by atoms with Gasteiger partial charge in [-0.25, -0.2) is 0 Å². The van der Waals surface area contributed by atoms with Crippen LogP contribution in [-0.4, -0.2) is 14.8 Å². The molecule has 0 fully saturated rings. The lowest BCUT2D eigenvalue weighted by Crippen LogP contribution is -1.95. The summed E-state index contributed by atoms with van der Waals surface area (Å²) < 4.78 is 7.36. The molecule has 0 N–H and O–H groups in total. The fourth-order valence-corrected chi connectivity index (χ4v) is 1.13. The molecule has 4 nitrogen and oxygen atoms in total. The van der Waals surface area contributed by atoms with Crippen LogP contribution in [0.4, 0.5) is 0 Å². The van der Waals surface area contributed by atoms with Gasteiger partial charge in [0.05, 0.1) is 0 Å². The summed E-state index contributed by atoms with van der Waals surface area (Å²) in [6.07, 6.45) is 4.73. The van der Waals surface area contributed by atoms with Crippen molar-refractivity contribution in [3.8, 4) is 0 Å². The van der Waals surface area contributed by atoms with Gasteiger partial charge in [0.2, 0.25) is 11.8 Å². The SMILES string of the molecule is CCc1nnc(Cn2cccc2)o1. The topological polar surface area (TPSA) is 43.9 Å². The third-order valence-corrected chi connectivity index (χ3v) is 1.80. The molecule has 68 valence electrons. The fraction of sp³-hybridized carbons (Fsp3) is 0.333. The molecule has 4 heteroatoms. The molecule has 0 atom stereocenters. The van der Waals surface area contributed by atoms with Gasteiger partial charge in [0.15, 0.2) is 0 Å². The van der Waals surface area contributed by atoms with E-state index in [2.05, 4.69) is 10.2 Å². The van der Waals surface area contributed by atoms with Crippen LogP contribution in [0.2, 0.25) is 0 Å². The molecule has 0 aliphatic rings. The van der Waals surface area contributed by atoms with E-state index < -0.39 is 0 Å². The first-order valence-corrected chi connectivity index (χ1v) is 4.30. The number of hydrogen-bond donors (Lipinski definition) is 0. The zero-order valence-electron chi connectivity index (χ0n) is 7.47. The lowest BCUT2D eigenvalue weighted by molar-refractivity contribution is 0.442. The van der Waals surface area contributed by atoms with Crippen LogP contribution in [0.1, 0.15) is 18.7 Å². The van der Waals surface area contributed by atoms with E-state index in [1.807, 2.05) is 36.0 Å². The Morgan fingerprint density at radius 2 is 1.92 bits per heavy atom. The number of aryl methyl sites for hydroxylation is 1. The first-order chi connectivity index (χ1) is 6.38. The highest BCUT2D eigenvalue weighted by atomic mass is 16.4. The number of nitrogens with zero attached hydrogens (tertiary/aromatic N) is 3. The summed E-state index contributed by atoms with van der Waals surface area (Å²) in [5, 5.41) is 7.81. The van der Waals surface area contributed by atoms with Gasteiger partial charge in [-0.3, -0.25) is 0 Å². The number of rotatable bonds is 3. The smallest absolute Gasteiger partial charge is 0.236 e. The average Bonchev–Trinajstić information content (AvgIpc) is 2.76. The Balaban J connectivity index is 2.10. The molecule has 2 aromatic heterocycles. The maximum Gasteiger partial charge on any atom is 0.236 e. The van der Waals surface area contributed by atoms with Gasteiger partial charge in [-0.05, 0) is 12.1 Å². The van der Waals surface area contributed by atoms with Crippen LogP contribution >= 0.6 is 0 Å². The standard InChI is InChI=1S/C9H11N3O/c1-2-8-10-11-9(13-8)7-12-5-3-4-6-12/h3-6H,2,7H2,1H3. The van der Waals surface area contributed by atoms with Crippen LogP contribution < -0.4 is 0 Å². The minimum absolute atomic E-state index is 0.653. The molecule has 0 saturated heterocycles. The van der Waals surface area contributed by atoms with Crippen LogP contribution in [0.15, 0.2) is 28.9 Å². The molecular weight excluding hydrogens is 166 g/mol. The van der Waals surface area contributed by atoms with Gasteiger partial charge in [-0.15, -0.1) is 10.2 Å². The summed E-state index contributed by atoms with van der Waals surface area (Å²) in [5.41, 5.74) is 0. The van der Waals surface area contributed by atoms with Gasteiger partial charge in [0.1, 0.15) is 6.54 Å².